The molecule has 0 saturated heterocycles. The lowest BCUT2D eigenvalue weighted by Crippen LogP contribution is -2.27. The van der Waals surface area contributed by atoms with Gasteiger partial charge in [0.1, 0.15) is 0 Å². The Hall–Kier alpha value is -1.87. The summed E-state index contributed by atoms with van der Waals surface area (Å²) < 4.78 is 1.90. The average molecular weight is 284 g/mol. The molecule has 1 aromatic heterocycles. The van der Waals surface area contributed by atoms with E-state index in [0.717, 1.165) is 36.2 Å². The number of nitrogens with one attached hydrogen (secondary N) is 1. The van der Waals surface area contributed by atoms with E-state index in [1.807, 2.05) is 17.7 Å². The topological polar surface area (TPSA) is 34.0 Å². The molecule has 2 aromatic rings. The number of pyridine rings is 1. The average Bonchev–Trinajstić information content (AvgIpc) is 2.52. The molecule has 0 radical (unpaired) electrons. The van der Waals surface area contributed by atoms with Crippen molar-refractivity contribution in [3.05, 3.63) is 57.9 Å². The Morgan fingerprint density at radius 2 is 1.76 bits per heavy atom. The normalized spacial score (nSPS) is 10.8. The SMILES string of the molecule is CCCn1c(-c2ccc(CC)cc2)ccc(CNC)c1=O. The van der Waals surface area contributed by atoms with Crippen molar-refractivity contribution in [2.45, 2.75) is 39.8 Å². The third-order valence-electron chi connectivity index (χ3n) is 3.73. The summed E-state index contributed by atoms with van der Waals surface area (Å²) in [6.07, 6.45) is 1.98. The standard InChI is InChI=1S/C18H24N2O/c1-4-12-20-17(11-10-16(13-19-3)18(20)21)15-8-6-14(5-2)7-9-15/h6-11,19H,4-5,12-13H2,1-3H3. The van der Waals surface area contributed by atoms with Crippen molar-refractivity contribution in [3.8, 4) is 11.3 Å². The second-order valence-corrected chi connectivity index (χ2v) is 5.28. The molecule has 3 heteroatoms. The molecule has 0 aliphatic heterocycles. The summed E-state index contributed by atoms with van der Waals surface area (Å²) in [7, 11) is 1.86. The molecule has 112 valence electrons. The van der Waals surface area contributed by atoms with Gasteiger partial charge in [0, 0.05) is 18.7 Å². The van der Waals surface area contributed by atoms with E-state index in [0.29, 0.717) is 6.54 Å². The minimum atomic E-state index is 0.114. The second kappa shape index (κ2) is 7.23. The molecule has 2 rings (SSSR count). The number of rotatable bonds is 6. The largest absolute Gasteiger partial charge is 0.315 e. The van der Waals surface area contributed by atoms with Gasteiger partial charge >= 0.3 is 0 Å². The lowest BCUT2D eigenvalue weighted by atomic mass is 10.1. The highest BCUT2D eigenvalue weighted by Crippen LogP contribution is 2.19. The Morgan fingerprint density at radius 1 is 1.05 bits per heavy atom. The first kappa shape index (κ1) is 15.5. The first-order valence-electron chi connectivity index (χ1n) is 7.67. The summed E-state index contributed by atoms with van der Waals surface area (Å²) in [4.78, 5) is 12.6. The summed E-state index contributed by atoms with van der Waals surface area (Å²) in [6, 6.07) is 12.5. The van der Waals surface area contributed by atoms with E-state index in [9.17, 15) is 4.79 Å². The van der Waals surface area contributed by atoms with E-state index >= 15 is 0 Å². The van der Waals surface area contributed by atoms with Crippen LogP contribution in [0.3, 0.4) is 0 Å². The number of nitrogens with zero attached hydrogens (tertiary/aromatic N) is 1. The van der Waals surface area contributed by atoms with Gasteiger partial charge in [-0.1, -0.05) is 44.2 Å². The Labute approximate surface area is 126 Å². The van der Waals surface area contributed by atoms with Gasteiger partial charge in [-0.25, -0.2) is 0 Å². The first-order valence-corrected chi connectivity index (χ1v) is 7.67. The van der Waals surface area contributed by atoms with E-state index in [-0.39, 0.29) is 5.56 Å². The summed E-state index contributed by atoms with van der Waals surface area (Å²) >= 11 is 0. The van der Waals surface area contributed by atoms with Crippen LogP contribution in [-0.4, -0.2) is 11.6 Å². The third kappa shape index (κ3) is 3.42. The highest BCUT2D eigenvalue weighted by Gasteiger charge is 2.09. The summed E-state index contributed by atoms with van der Waals surface area (Å²) in [5, 5.41) is 3.06. The van der Waals surface area contributed by atoms with Crippen LogP contribution >= 0.6 is 0 Å². The van der Waals surface area contributed by atoms with Crippen LogP contribution < -0.4 is 10.9 Å². The van der Waals surface area contributed by atoms with E-state index in [1.165, 1.54) is 5.56 Å². The Bertz CT molecular complexity index is 641. The van der Waals surface area contributed by atoms with Crippen LogP contribution in [0.2, 0.25) is 0 Å². The molecule has 0 aliphatic carbocycles. The molecule has 0 aliphatic rings. The molecule has 1 aromatic carbocycles. The predicted octanol–water partition coefficient (Wildman–Crippen LogP) is 3.21. The van der Waals surface area contributed by atoms with Crippen LogP contribution in [0.25, 0.3) is 11.3 Å². The van der Waals surface area contributed by atoms with Crippen molar-refractivity contribution in [2.24, 2.45) is 0 Å². The van der Waals surface area contributed by atoms with Crippen molar-refractivity contribution in [2.75, 3.05) is 7.05 Å². The molecule has 0 saturated carbocycles. The van der Waals surface area contributed by atoms with Crippen LogP contribution in [-0.2, 0) is 19.5 Å². The quantitative estimate of drug-likeness (QED) is 0.884. The molecule has 0 bridgehead atoms. The molecule has 0 unspecified atom stereocenters. The fourth-order valence-corrected chi connectivity index (χ4v) is 2.56. The predicted molar refractivity (Wildman–Crippen MR) is 88.6 cm³/mol. The number of hydrogen-bond donors (Lipinski definition) is 1. The van der Waals surface area contributed by atoms with Crippen molar-refractivity contribution < 1.29 is 0 Å². The fraction of sp³-hybridized carbons (Fsp3) is 0.389. The number of aryl methyl sites for hydroxylation is 1. The number of hydrogen-bond acceptors (Lipinski definition) is 2. The van der Waals surface area contributed by atoms with E-state index in [4.69, 9.17) is 0 Å². The molecule has 1 N–H and O–H groups in total. The van der Waals surface area contributed by atoms with Gasteiger partial charge in [0.2, 0.25) is 0 Å². The van der Waals surface area contributed by atoms with Gasteiger partial charge in [-0.05, 0) is 37.1 Å². The van der Waals surface area contributed by atoms with Gasteiger partial charge < -0.3 is 9.88 Å². The molecule has 0 spiro atoms. The zero-order valence-electron chi connectivity index (χ0n) is 13.1. The van der Waals surface area contributed by atoms with Crippen LogP contribution in [0.15, 0.2) is 41.2 Å². The lowest BCUT2D eigenvalue weighted by Gasteiger charge is -2.14. The fourth-order valence-electron chi connectivity index (χ4n) is 2.56. The van der Waals surface area contributed by atoms with E-state index in [1.54, 1.807) is 0 Å². The number of benzene rings is 1. The monoisotopic (exact) mass is 284 g/mol. The van der Waals surface area contributed by atoms with Crippen LogP contribution in [0.1, 0.15) is 31.4 Å². The van der Waals surface area contributed by atoms with E-state index < -0.39 is 0 Å². The van der Waals surface area contributed by atoms with Gasteiger partial charge in [0.15, 0.2) is 0 Å². The highest BCUT2D eigenvalue weighted by molar-refractivity contribution is 5.60. The smallest absolute Gasteiger partial charge is 0.255 e. The maximum Gasteiger partial charge on any atom is 0.255 e. The third-order valence-corrected chi connectivity index (χ3v) is 3.73. The Kier molecular flexibility index (Phi) is 5.34. The molecular formula is C18H24N2O. The lowest BCUT2D eigenvalue weighted by molar-refractivity contribution is 0.648. The molecular weight excluding hydrogens is 260 g/mol. The Morgan fingerprint density at radius 3 is 2.33 bits per heavy atom. The zero-order valence-corrected chi connectivity index (χ0v) is 13.1. The Balaban J connectivity index is 2.51. The first-order chi connectivity index (χ1) is 10.2. The summed E-state index contributed by atoms with van der Waals surface area (Å²) in [5.74, 6) is 0. The van der Waals surface area contributed by atoms with Crippen LogP contribution in [0.4, 0.5) is 0 Å². The van der Waals surface area contributed by atoms with Gasteiger partial charge in [-0.15, -0.1) is 0 Å². The maximum absolute atomic E-state index is 12.6. The zero-order chi connectivity index (χ0) is 15.2. The van der Waals surface area contributed by atoms with Crippen LogP contribution in [0, 0.1) is 0 Å². The molecule has 0 amide bonds. The summed E-state index contributed by atoms with van der Waals surface area (Å²) in [6.45, 7) is 5.61. The van der Waals surface area contributed by atoms with Gasteiger partial charge in [0.25, 0.3) is 5.56 Å². The minimum Gasteiger partial charge on any atom is -0.315 e. The van der Waals surface area contributed by atoms with E-state index in [2.05, 4.69) is 49.5 Å². The minimum absolute atomic E-state index is 0.114. The molecule has 0 atom stereocenters. The van der Waals surface area contributed by atoms with Crippen LogP contribution in [0.5, 0.6) is 0 Å². The van der Waals surface area contributed by atoms with Crippen molar-refractivity contribution in [3.63, 3.8) is 0 Å². The summed E-state index contributed by atoms with van der Waals surface area (Å²) in [5.41, 5.74) is 4.36. The molecule has 1 heterocycles. The van der Waals surface area contributed by atoms with Crippen molar-refractivity contribution in [1.82, 2.24) is 9.88 Å². The van der Waals surface area contributed by atoms with Gasteiger partial charge in [0.05, 0.1) is 5.69 Å². The molecule has 0 fully saturated rings. The van der Waals surface area contributed by atoms with Crippen molar-refractivity contribution in [1.29, 1.82) is 0 Å². The maximum atomic E-state index is 12.6. The van der Waals surface area contributed by atoms with Crippen molar-refractivity contribution >= 4 is 0 Å². The number of aromatic nitrogens is 1. The molecule has 3 nitrogen and oxygen atoms in total. The van der Waals surface area contributed by atoms with Gasteiger partial charge in [-0.2, -0.15) is 0 Å². The highest BCUT2D eigenvalue weighted by atomic mass is 16.1. The second-order valence-electron chi connectivity index (χ2n) is 5.28. The molecule has 21 heavy (non-hydrogen) atoms. The van der Waals surface area contributed by atoms with Gasteiger partial charge in [-0.3, -0.25) is 4.79 Å².